The summed E-state index contributed by atoms with van der Waals surface area (Å²) in [6.07, 6.45) is 14.8. The van der Waals surface area contributed by atoms with E-state index in [0.717, 1.165) is 53.0 Å². The number of hydrogen-bond donors (Lipinski definition) is 3. The number of benzene rings is 1. The number of hydrogen-bond acceptors (Lipinski definition) is 4. The van der Waals surface area contributed by atoms with Crippen molar-refractivity contribution < 1.29 is 8.78 Å². The lowest BCUT2D eigenvalue weighted by Gasteiger charge is -2.22. The molecule has 45 heavy (non-hydrogen) atoms. The first-order valence-corrected chi connectivity index (χ1v) is 17.0. The molecule has 0 aliphatic heterocycles. The molecular weight excluding hydrogens is 562 g/mol. The zero-order valence-corrected chi connectivity index (χ0v) is 29.0. The molecule has 0 radical (unpaired) electrons. The van der Waals surface area contributed by atoms with Crippen molar-refractivity contribution in [3.63, 3.8) is 0 Å². The van der Waals surface area contributed by atoms with Crippen molar-refractivity contribution in [3.8, 4) is 11.3 Å². The lowest BCUT2D eigenvalue weighted by molar-refractivity contribution is -0.0141. The highest BCUT2D eigenvalue weighted by Gasteiger charge is 2.48. The van der Waals surface area contributed by atoms with E-state index < -0.39 is 5.92 Å². The zero-order valence-electron chi connectivity index (χ0n) is 29.0. The van der Waals surface area contributed by atoms with Crippen molar-refractivity contribution in [2.24, 2.45) is 16.9 Å². The topological polar surface area (TPSA) is 77.0 Å². The van der Waals surface area contributed by atoms with Gasteiger partial charge in [0, 0.05) is 35.2 Å². The van der Waals surface area contributed by atoms with Crippen LogP contribution in [0.15, 0.2) is 79.1 Å². The van der Waals surface area contributed by atoms with E-state index in [-0.39, 0.29) is 18.3 Å². The van der Waals surface area contributed by atoms with Crippen LogP contribution in [-0.4, -0.2) is 17.5 Å². The third-order valence-corrected chi connectivity index (χ3v) is 7.88. The monoisotopic (exact) mass is 622 g/mol. The van der Waals surface area contributed by atoms with E-state index in [1.54, 1.807) is 0 Å². The lowest BCUT2D eigenvalue weighted by Crippen LogP contribution is -2.15. The van der Waals surface area contributed by atoms with Crippen molar-refractivity contribution >= 4 is 11.5 Å². The fraction of sp³-hybridized carbons (Fsp3) is 0.513. The molecule has 4 nitrogen and oxygen atoms in total. The van der Waals surface area contributed by atoms with Crippen LogP contribution in [-0.2, 0) is 0 Å². The van der Waals surface area contributed by atoms with Gasteiger partial charge >= 0.3 is 0 Å². The van der Waals surface area contributed by atoms with Gasteiger partial charge in [-0.1, -0.05) is 116 Å². The molecule has 1 heterocycles. The highest BCUT2D eigenvalue weighted by molar-refractivity contribution is 5.71. The second-order valence-corrected chi connectivity index (χ2v) is 11.6. The molecule has 6 heteroatoms. The fourth-order valence-corrected chi connectivity index (χ4v) is 4.97. The van der Waals surface area contributed by atoms with Gasteiger partial charge in [0.05, 0.1) is 5.69 Å². The second kappa shape index (κ2) is 20.7. The molecule has 0 saturated heterocycles. The summed E-state index contributed by atoms with van der Waals surface area (Å²) in [7, 11) is 0. The minimum absolute atomic E-state index is 0.0917. The van der Waals surface area contributed by atoms with Crippen LogP contribution in [0.5, 0.6) is 0 Å². The quantitative estimate of drug-likeness (QED) is 0.246. The van der Waals surface area contributed by atoms with Gasteiger partial charge in [-0.3, -0.25) is 0 Å². The highest BCUT2D eigenvalue weighted by Crippen LogP contribution is 2.57. The van der Waals surface area contributed by atoms with Gasteiger partial charge in [0.15, 0.2) is 0 Å². The smallest absolute Gasteiger partial charge is 0.248 e. The van der Waals surface area contributed by atoms with Gasteiger partial charge in [0.25, 0.3) is 0 Å². The molecule has 0 spiro atoms. The second-order valence-electron chi connectivity index (χ2n) is 11.6. The summed E-state index contributed by atoms with van der Waals surface area (Å²) in [5.74, 6) is -1.89. The predicted octanol–water partition coefficient (Wildman–Crippen LogP) is 11.4. The predicted molar refractivity (Wildman–Crippen MR) is 193 cm³/mol. The number of allylic oxidation sites excluding steroid dienone is 4. The van der Waals surface area contributed by atoms with Gasteiger partial charge in [-0.15, -0.1) is 0 Å². The standard InChI is InChI=1S/C28H31F2N3.C5H12.C4H11N.C2H6/c1-19-12-13-25(33-26(19)23-9-6-8-22(18-23)20(2)31)32-21(3)27(16-17-27)24-10-4-5-14-28(29,30)15-7-11-24;1-3-5-4-2;1-2-3-4-5;1-2/h4,6,8-13,18H,2-3,5,7,14-17,31H2,1H3,(H,32,33);3-5H2,1-2H3;2-5H2,1H3;1-2H3/b10-4-,24-11+;;;. The third-order valence-electron chi connectivity index (χ3n) is 7.88. The molecule has 0 bridgehead atoms. The van der Waals surface area contributed by atoms with E-state index in [1.807, 2.05) is 75.4 Å². The van der Waals surface area contributed by atoms with Gasteiger partial charge in [0.1, 0.15) is 5.82 Å². The molecule has 0 unspecified atom stereocenters. The van der Waals surface area contributed by atoms with Crippen LogP contribution in [0.2, 0.25) is 0 Å². The summed E-state index contributed by atoms with van der Waals surface area (Å²) < 4.78 is 27.8. The number of aryl methyl sites for hydroxylation is 1. The fourth-order valence-electron chi connectivity index (χ4n) is 4.97. The highest BCUT2D eigenvalue weighted by atomic mass is 19.3. The molecular formula is C39H60F2N4. The Morgan fingerprint density at radius 3 is 2.11 bits per heavy atom. The number of rotatable bonds is 10. The summed E-state index contributed by atoms with van der Waals surface area (Å²) in [5.41, 5.74) is 17.0. The van der Waals surface area contributed by atoms with Crippen molar-refractivity contribution in [2.75, 3.05) is 11.9 Å². The molecule has 250 valence electrons. The first kappa shape index (κ1) is 39.8. The van der Waals surface area contributed by atoms with Crippen molar-refractivity contribution in [1.82, 2.24) is 4.98 Å². The summed E-state index contributed by atoms with van der Waals surface area (Å²) in [6.45, 7) is 21.6. The van der Waals surface area contributed by atoms with Crippen LogP contribution in [0.3, 0.4) is 0 Å². The molecule has 1 fully saturated rings. The van der Waals surface area contributed by atoms with Gasteiger partial charge in [-0.25, -0.2) is 13.8 Å². The SMILES string of the molecule is C=C(N)c1cccc(-c2nc(NC(=C)C3(C4=C/CCC(F)(F)CC/C=C\4)CC3)ccc2C)c1.CC.CCCCC.CCCCN. The number of alkyl halides is 2. The lowest BCUT2D eigenvalue weighted by atomic mass is 9.90. The van der Waals surface area contributed by atoms with Crippen LogP contribution < -0.4 is 16.8 Å². The molecule has 2 aliphatic rings. The number of unbranched alkanes of at least 4 members (excludes halogenated alkanes) is 3. The minimum atomic E-state index is -2.60. The maximum absolute atomic E-state index is 13.9. The van der Waals surface area contributed by atoms with Gasteiger partial charge in [-0.2, -0.15) is 0 Å². The van der Waals surface area contributed by atoms with Crippen LogP contribution in [0.25, 0.3) is 17.0 Å². The Balaban J connectivity index is 0.000000725. The molecule has 1 aromatic carbocycles. The van der Waals surface area contributed by atoms with E-state index in [0.29, 0.717) is 24.4 Å². The van der Waals surface area contributed by atoms with E-state index >= 15 is 0 Å². The molecule has 5 N–H and O–H groups in total. The van der Waals surface area contributed by atoms with E-state index in [9.17, 15) is 8.78 Å². The molecule has 4 rings (SSSR count). The largest absolute Gasteiger partial charge is 0.399 e. The number of nitrogens with one attached hydrogen (secondary N) is 1. The van der Waals surface area contributed by atoms with E-state index in [2.05, 4.69) is 39.2 Å². The first-order chi connectivity index (χ1) is 21.5. The normalized spacial score (nSPS) is 17.8. The maximum atomic E-state index is 13.9. The van der Waals surface area contributed by atoms with Crippen molar-refractivity contribution in [3.05, 3.63) is 90.2 Å². The minimum Gasteiger partial charge on any atom is -0.399 e. The number of nitrogens with zero attached hydrogens (tertiary/aromatic N) is 1. The Morgan fingerprint density at radius 1 is 0.933 bits per heavy atom. The van der Waals surface area contributed by atoms with E-state index in [4.69, 9.17) is 16.5 Å². The molecule has 0 amide bonds. The molecule has 1 saturated carbocycles. The summed E-state index contributed by atoms with van der Waals surface area (Å²) >= 11 is 0. The molecule has 2 aromatic rings. The Morgan fingerprint density at radius 2 is 1.58 bits per heavy atom. The van der Waals surface area contributed by atoms with E-state index in [1.165, 1.54) is 32.1 Å². The Kier molecular flexibility index (Phi) is 18.3. The summed E-state index contributed by atoms with van der Waals surface area (Å²) in [4.78, 5) is 4.86. The summed E-state index contributed by atoms with van der Waals surface area (Å²) in [5, 5.41) is 3.41. The maximum Gasteiger partial charge on any atom is 0.248 e. The van der Waals surface area contributed by atoms with Crippen molar-refractivity contribution in [1.29, 1.82) is 0 Å². The number of halogens is 2. The number of nitrogens with two attached hydrogens (primary N) is 2. The molecule has 2 aliphatic carbocycles. The van der Waals surface area contributed by atoms with Crippen LogP contribution in [0.1, 0.15) is 116 Å². The van der Waals surface area contributed by atoms with Gasteiger partial charge in [-0.05, 0) is 74.4 Å². The number of pyridine rings is 1. The zero-order chi connectivity index (χ0) is 33.9. The van der Waals surface area contributed by atoms with Crippen molar-refractivity contribution in [2.45, 2.75) is 118 Å². The third kappa shape index (κ3) is 13.3. The number of aromatic nitrogens is 1. The van der Waals surface area contributed by atoms with Crippen LogP contribution in [0.4, 0.5) is 14.6 Å². The van der Waals surface area contributed by atoms with Gasteiger partial charge in [0.2, 0.25) is 5.92 Å². The average Bonchev–Trinajstić information content (AvgIpc) is 3.83. The number of anilines is 1. The Hall–Kier alpha value is -3.25. The molecule has 0 atom stereocenters. The molecule has 1 aromatic heterocycles. The van der Waals surface area contributed by atoms with Crippen LogP contribution >= 0.6 is 0 Å². The van der Waals surface area contributed by atoms with Crippen LogP contribution in [0, 0.1) is 12.3 Å². The Labute approximate surface area is 273 Å². The summed E-state index contributed by atoms with van der Waals surface area (Å²) in [6, 6.07) is 11.8. The Bertz CT molecular complexity index is 1230. The van der Waals surface area contributed by atoms with Gasteiger partial charge < -0.3 is 16.8 Å². The average molecular weight is 623 g/mol. The first-order valence-electron chi connectivity index (χ1n) is 17.0.